The zero-order valence-corrected chi connectivity index (χ0v) is 10.1. The third kappa shape index (κ3) is 1.58. The van der Waals surface area contributed by atoms with Crippen LogP contribution in [0.15, 0.2) is 10.9 Å². The van der Waals surface area contributed by atoms with Crippen LogP contribution in [-0.2, 0) is 0 Å². The lowest BCUT2D eigenvalue weighted by Crippen LogP contribution is -2.19. The van der Waals surface area contributed by atoms with Crippen LogP contribution in [0.3, 0.4) is 0 Å². The summed E-state index contributed by atoms with van der Waals surface area (Å²) in [6, 6.07) is 1.99. The number of rotatable bonds is 1. The molecule has 2 aromatic rings. The van der Waals surface area contributed by atoms with E-state index in [0.717, 1.165) is 36.5 Å². The Labute approximate surface area is 98.9 Å². The number of aryl methyl sites for hydroxylation is 1. The number of hydrogen-bond donors (Lipinski definition) is 2. The zero-order chi connectivity index (χ0) is 12.0. The van der Waals surface area contributed by atoms with Crippen LogP contribution in [0.25, 0.3) is 5.65 Å². The predicted molar refractivity (Wildman–Crippen MR) is 65.5 cm³/mol. The van der Waals surface area contributed by atoms with Crippen molar-refractivity contribution in [1.82, 2.24) is 19.9 Å². The fraction of sp³-hybridized carbons (Fsp3) is 0.500. The highest BCUT2D eigenvalue weighted by atomic mass is 16.1. The average molecular weight is 232 g/mol. The molecule has 17 heavy (non-hydrogen) atoms. The van der Waals surface area contributed by atoms with Gasteiger partial charge in [-0.2, -0.15) is 0 Å². The van der Waals surface area contributed by atoms with Crippen LogP contribution in [0.5, 0.6) is 0 Å². The summed E-state index contributed by atoms with van der Waals surface area (Å²) in [7, 11) is 0. The van der Waals surface area contributed by atoms with Crippen molar-refractivity contribution in [3.63, 3.8) is 0 Å². The topological polar surface area (TPSA) is 62.2 Å². The lowest BCUT2D eigenvalue weighted by Gasteiger charge is -2.03. The van der Waals surface area contributed by atoms with Crippen molar-refractivity contribution in [2.45, 2.75) is 26.2 Å². The molecule has 90 valence electrons. The minimum Gasteiger partial charge on any atom is -0.316 e. The van der Waals surface area contributed by atoms with E-state index in [9.17, 15) is 4.79 Å². The normalized spacial score (nSPS) is 20.2. The summed E-state index contributed by atoms with van der Waals surface area (Å²) in [5.74, 6) is 0.469. The van der Waals surface area contributed by atoms with Gasteiger partial charge in [0.25, 0.3) is 5.56 Å². The van der Waals surface area contributed by atoms with Gasteiger partial charge < -0.3 is 5.32 Å². The Bertz CT molecular complexity index is 619. The Balaban J connectivity index is 2.18. The first kappa shape index (κ1) is 10.5. The lowest BCUT2D eigenvalue weighted by molar-refractivity contribution is 0.712. The lowest BCUT2D eigenvalue weighted by atomic mass is 10.1. The predicted octanol–water partition coefficient (Wildman–Crippen LogP) is 0.716. The van der Waals surface area contributed by atoms with Crippen molar-refractivity contribution in [3.05, 3.63) is 33.4 Å². The summed E-state index contributed by atoms with van der Waals surface area (Å²) in [5.41, 5.74) is 3.35. The molecule has 1 aliphatic heterocycles. The second-order valence-corrected chi connectivity index (χ2v) is 4.72. The number of hydrogen-bond acceptors (Lipinski definition) is 3. The van der Waals surface area contributed by atoms with Gasteiger partial charge in [-0.1, -0.05) is 0 Å². The molecular formula is C12H16N4O. The molecule has 0 aliphatic carbocycles. The zero-order valence-electron chi connectivity index (χ0n) is 10.1. The van der Waals surface area contributed by atoms with Gasteiger partial charge in [0.15, 0.2) is 5.65 Å². The highest BCUT2D eigenvalue weighted by Crippen LogP contribution is 2.21. The second-order valence-electron chi connectivity index (χ2n) is 4.72. The average Bonchev–Trinajstić information content (AvgIpc) is 2.93. The van der Waals surface area contributed by atoms with E-state index < -0.39 is 0 Å². The summed E-state index contributed by atoms with van der Waals surface area (Å²) in [6.45, 7) is 5.70. The quantitative estimate of drug-likeness (QED) is 0.761. The Hall–Kier alpha value is -1.62. The second kappa shape index (κ2) is 3.70. The molecule has 0 radical (unpaired) electrons. The van der Waals surface area contributed by atoms with Crippen LogP contribution < -0.4 is 10.9 Å². The molecule has 0 spiro atoms. The smallest absolute Gasteiger partial charge is 0.275 e. The van der Waals surface area contributed by atoms with E-state index in [2.05, 4.69) is 15.4 Å². The Morgan fingerprint density at radius 1 is 1.47 bits per heavy atom. The van der Waals surface area contributed by atoms with Gasteiger partial charge >= 0.3 is 0 Å². The summed E-state index contributed by atoms with van der Waals surface area (Å²) in [4.78, 5) is 16.5. The third-order valence-electron chi connectivity index (χ3n) is 3.60. The van der Waals surface area contributed by atoms with Gasteiger partial charge in [-0.25, -0.2) is 9.50 Å². The Morgan fingerprint density at radius 3 is 3.00 bits per heavy atom. The molecule has 1 fully saturated rings. The minimum absolute atomic E-state index is 0.00436. The van der Waals surface area contributed by atoms with Gasteiger partial charge in [0, 0.05) is 35.5 Å². The fourth-order valence-corrected chi connectivity index (χ4v) is 2.37. The van der Waals surface area contributed by atoms with E-state index in [1.165, 1.54) is 0 Å². The molecule has 5 nitrogen and oxygen atoms in total. The maximum atomic E-state index is 12.1. The first-order valence-electron chi connectivity index (χ1n) is 5.96. The van der Waals surface area contributed by atoms with Crippen molar-refractivity contribution >= 4 is 5.65 Å². The molecular weight excluding hydrogens is 216 g/mol. The molecule has 0 bridgehead atoms. The molecule has 0 aromatic carbocycles. The SMILES string of the molecule is Cc1nc2cc(C3CCNC3)[nH]n2c(=O)c1C. The Kier molecular flexibility index (Phi) is 2.29. The van der Waals surface area contributed by atoms with Crippen LogP contribution >= 0.6 is 0 Å². The summed E-state index contributed by atoms with van der Waals surface area (Å²) < 4.78 is 1.55. The molecule has 2 aromatic heterocycles. The van der Waals surface area contributed by atoms with Crippen molar-refractivity contribution in [2.75, 3.05) is 13.1 Å². The summed E-state index contributed by atoms with van der Waals surface area (Å²) in [5, 5.41) is 6.50. The number of nitrogens with zero attached hydrogens (tertiary/aromatic N) is 2. The van der Waals surface area contributed by atoms with E-state index in [0.29, 0.717) is 11.5 Å². The van der Waals surface area contributed by atoms with Gasteiger partial charge in [0.1, 0.15) is 0 Å². The van der Waals surface area contributed by atoms with E-state index in [1.807, 2.05) is 19.9 Å². The van der Waals surface area contributed by atoms with Gasteiger partial charge in [0.05, 0.1) is 0 Å². The van der Waals surface area contributed by atoms with Crippen LogP contribution in [0.1, 0.15) is 29.3 Å². The molecule has 1 aliphatic rings. The van der Waals surface area contributed by atoms with E-state index in [4.69, 9.17) is 0 Å². The van der Waals surface area contributed by atoms with Gasteiger partial charge in [-0.15, -0.1) is 0 Å². The van der Waals surface area contributed by atoms with Crippen molar-refractivity contribution in [1.29, 1.82) is 0 Å². The Morgan fingerprint density at radius 2 is 2.29 bits per heavy atom. The van der Waals surface area contributed by atoms with Crippen LogP contribution in [0.2, 0.25) is 0 Å². The highest BCUT2D eigenvalue weighted by molar-refractivity contribution is 5.42. The molecule has 1 saturated heterocycles. The van der Waals surface area contributed by atoms with E-state index >= 15 is 0 Å². The molecule has 5 heteroatoms. The van der Waals surface area contributed by atoms with Crippen LogP contribution in [0.4, 0.5) is 0 Å². The molecule has 0 saturated carbocycles. The molecule has 0 amide bonds. The van der Waals surface area contributed by atoms with E-state index in [-0.39, 0.29) is 5.56 Å². The maximum absolute atomic E-state index is 12.1. The molecule has 1 unspecified atom stereocenters. The third-order valence-corrected chi connectivity index (χ3v) is 3.60. The molecule has 3 rings (SSSR count). The summed E-state index contributed by atoms with van der Waals surface area (Å²) >= 11 is 0. The summed E-state index contributed by atoms with van der Waals surface area (Å²) in [6.07, 6.45) is 1.11. The van der Waals surface area contributed by atoms with Gasteiger partial charge in [-0.3, -0.25) is 9.89 Å². The van der Waals surface area contributed by atoms with E-state index in [1.54, 1.807) is 4.52 Å². The van der Waals surface area contributed by atoms with Crippen LogP contribution in [0, 0.1) is 13.8 Å². The monoisotopic (exact) mass is 232 g/mol. The van der Waals surface area contributed by atoms with Crippen molar-refractivity contribution in [3.8, 4) is 0 Å². The number of nitrogens with one attached hydrogen (secondary N) is 2. The van der Waals surface area contributed by atoms with Crippen LogP contribution in [-0.4, -0.2) is 27.7 Å². The molecule has 3 heterocycles. The number of aromatic nitrogens is 3. The molecule has 2 N–H and O–H groups in total. The van der Waals surface area contributed by atoms with Crippen molar-refractivity contribution < 1.29 is 0 Å². The maximum Gasteiger partial charge on any atom is 0.275 e. The first-order chi connectivity index (χ1) is 8.16. The fourth-order valence-electron chi connectivity index (χ4n) is 2.37. The number of fused-ring (bicyclic) bond motifs is 1. The largest absolute Gasteiger partial charge is 0.316 e. The highest BCUT2D eigenvalue weighted by Gasteiger charge is 2.19. The number of H-pyrrole nitrogens is 1. The van der Waals surface area contributed by atoms with Gasteiger partial charge in [0.2, 0.25) is 0 Å². The van der Waals surface area contributed by atoms with Crippen molar-refractivity contribution in [2.24, 2.45) is 0 Å². The van der Waals surface area contributed by atoms with Gasteiger partial charge in [-0.05, 0) is 26.8 Å². The first-order valence-corrected chi connectivity index (χ1v) is 5.96. The number of aromatic amines is 1. The standard InChI is InChI=1S/C12H16N4O/c1-7-8(2)14-11-5-10(9-3-4-13-6-9)15-16(11)12(7)17/h5,9,13,15H,3-4,6H2,1-2H3. The molecule has 1 atom stereocenters. The minimum atomic E-state index is 0.00436.